The molecule has 0 amide bonds. The topological polar surface area (TPSA) is 54.4 Å². The summed E-state index contributed by atoms with van der Waals surface area (Å²) in [6.07, 6.45) is 5.86. The fourth-order valence-corrected chi connectivity index (χ4v) is 4.50. The number of carbonyl (C=O) groups is 2. The van der Waals surface area contributed by atoms with Crippen LogP contribution in [0.25, 0.3) is 0 Å². The second-order valence-corrected chi connectivity index (χ2v) is 8.16. The molecule has 1 N–H and O–H groups in total. The van der Waals surface area contributed by atoms with Crippen molar-refractivity contribution in [2.75, 3.05) is 0 Å². The van der Waals surface area contributed by atoms with Crippen molar-refractivity contribution in [3.8, 4) is 0 Å². The van der Waals surface area contributed by atoms with Crippen LogP contribution in [-0.2, 0) is 9.59 Å². The van der Waals surface area contributed by atoms with E-state index in [0.717, 1.165) is 30.4 Å². The summed E-state index contributed by atoms with van der Waals surface area (Å²) in [6, 6.07) is 0. The van der Waals surface area contributed by atoms with Gasteiger partial charge in [0.15, 0.2) is 11.6 Å². The van der Waals surface area contributed by atoms with Crippen molar-refractivity contribution in [3.63, 3.8) is 0 Å². The first kappa shape index (κ1) is 18.1. The van der Waals surface area contributed by atoms with Gasteiger partial charge in [-0.1, -0.05) is 25.0 Å². The Morgan fingerprint density at radius 3 is 2.74 bits per heavy atom. The average Bonchev–Trinajstić information content (AvgIpc) is 2.44. The molecule has 2 aliphatic carbocycles. The fourth-order valence-electron chi connectivity index (χ4n) is 4.50. The van der Waals surface area contributed by atoms with E-state index in [0.29, 0.717) is 18.3 Å². The zero-order valence-corrected chi connectivity index (χ0v) is 15.1. The molecule has 0 heterocycles. The lowest BCUT2D eigenvalue weighted by Crippen LogP contribution is -2.50. The summed E-state index contributed by atoms with van der Waals surface area (Å²) in [5.74, 6) is 1.12. The normalized spacial score (nSPS) is 35.1. The van der Waals surface area contributed by atoms with E-state index < -0.39 is 6.10 Å². The molecule has 3 nitrogen and oxygen atoms in total. The van der Waals surface area contributed by atoms with Crippen LogP contribution >= 0.6 is 0 Å². The van der Waals surface area contributed by atoms with Gasteiger partial charge in [-0.05, 0) is 69.9 Å². The Morgan fingerprint density at radius 1 is 1.48 bits per heavy atom. The fraction of sp³-hybridized carbons (Fsp3) is 0.700. The number of carbonyl (C=O) groups excluding carboxylic acids is 2. The number of aliphatic hydroxyl groups excluding tert-OH is 1. The van der Waals surface area contributed by atoms with Crippen LogP contribution in [0.15, 0.2) is 23.3 Å². The highest BCUT2D eigenvalue weighted by atomic mass is 16.3. The largest absolute Gasteiger partial charge is 0.384 e. The molecule has 0 radical (unpaired) electrons. The first-order valence-electron chi connectivity index (χ1n) is 8.73. The highest BCUT2D eigenvalue weighted by Crippen LogP contribution is 2.52. The molecule has 0 aromatic carbocycles. The molecule has 1 fully saturated rings. The molecule has 1 saturated carbocycles. The number of hydrogen-bond acceptors (Lipinski definition) is 3. The number of allylic oxidation sites excluding steroid dienone is 3. The summed E-state index contributed by atoms with van der Waals surface area (Å²) in [5, 5.41) is 10.4. The van der Waals surface area contributed by atoms with Gasteiger partial charge in [-0.25, -0.2) is 0 Å². The van der Waals surface area contributed by atoms with Crippen LogP contribution in [0, 0.1) is 23.2 Å². The Morgan fingerprint density at radius 2 is 2.13 bits per heavy atom. The van der Waals surface area contributed by atoms with Crippen LogP contribution in [0.5, 0.6) is 0 Å². The van der Waals surface area contributed by atoms with E-state index in [-0.39, 0.29) is 22.9 Å². The summed E-state index contributed by atoms with van der Waals surface area (Å²) in [4.78, 5) is 24.0. The van der Waals surface area contributed by atoms with Crippen molar-refractivity contribution in [1.29, 1.82) is 0 Å². The lowest BCUT2D eigenvalue weighted by Gasteiger charge is -2.50. The van der Waals surface area contributed by atoms with Gasteiger partial charge >= 0.3 is 0 Å². The molecule has 0 bridgehead atoms. The Balaban J connectivity index is 2.10. The van der Waals surface area contributed by atoms with Gasteiger partial charge in [-0.3, -0.25) is 9.59 Å². The maximum absolute atomic E-state index is 12.0. The minimum absolute atomic E-state index is 0.147. The van der Waals surface area contributed by atoms with E-state index in [1.807, 2.05) is 27.7 Å². The van der Waals surface area contributed by atoms with E-state index in [4.69, 9.17) is 0 Å². The Kier molecular flexibility index (Phi) is 5.30. The van der Waals surface area contributed by atoms with E-state index >= 15 is 0 Å². The van der Waals surface area contributed by atoms with Crippen LogP contribution in [-0.4, -0.2) is 22.8 Å². The van der Waals surface area contributed by atoms with Gasteiger partial charge < -0.3 is 5.11 Å². The molecule has 3 heteroatoms. The third-order valence-electron chi connectivity index (χ3n) is 5.98. The molecule has 2 rings (SSSR count). The molecule has 5 unspecified atom stereocenters. The highest BCUT2D eigenvalue weighted by molar-refractivity contribution is 5.95. The van der Waals surface area contributed by atoms with Gasteiger partial charge in [-0.15, -0.1) is 0 Å². The standard InChI is InChI=1S/C20H30O3/c1-12(2)8-16(21)9-13(3)15-6-7-20(5)17(11-15)14(4)10-18(22)19(20)23/h8,10,13,15,17,19,23H,6-7,9,11H2,1-5H3. The van der Waals surface area contributed by atoms with Crippen LogP contribution in [0.4, 0.5) is 0 Å². The monoisotopic (exact) mass is 318 g/mol. The van der Waals surface area contributed by atoms with Gasteiger partial charge in [0.05, 0.1) is 0 Å². The number of hydrogen-bond donors (Lipinski definition) is 1. The van der Waals surface area contributed by atoms with Crippen molar-refractivity contribution in [2.45, 2.75) is 66.4 Å². The van der Waals surface area contributed by atoms with Crippen LogP contribution < -0.4 is 0 Å². The Labute approximate surface area is 139 Å². The first-order valence-corrected chi connectivity index (χ1v) is 8.73. The summed E-state index contributed by atoms with van der Waals surface area (Å²) < 4.78 is 0. The molecule has 5 atom stereocenters. The third kappa shape index (κ3) is 3.65. The van der Waals surface area contributed by atoms with Gasteiger partial charge in [-0.2, -0.15) is 0 Å². The third-order valence-corrected chi connectivity index (χ3v) is 5.98. The Hall–Kier alpha value is -1.22. The highest BCUT2D eigenvalue weighted by Gasteiger charge is 2.50. The SMILES string of the molecule is CC(C)=CC(=O)CC(C)C1CCC2(C)C(O)C(=O)C=C(C)C2C1. The summed E-state index contributed by atoms with van der Waals surface area (Å²) >= 11 is 0. The molecule has 23 heavy (non-hydrogen) atoms. The van der Waals surface area contributed by atoms with Crippen LogP contribution in [0.2, 0.25) is 0 Å². The molecule has 0 aliphatic heterocycles. The van der Waals surface area contributed by atoms with Crippen molar-refractivity contribution in [3.05, 3.63) is 23.3 Å². The van der Waals surface area contributed by atoms with E-state index in [2.05, 4.69) is 6.92 Å². The predicted octanol–water partition coefficient (Wildman–Crippen LogP) is 3.86. The Bertz CT molecular complexity index is 553. The number of aliphatic hydroxyl groups is 1. The molecular formula is C20H30O3. The van der Waals surface area contributed by atoms with Gasteiger partial charge in [0.25, 0.3) is 0 Å². The van der Waals surface area contributed by atoms with Gasteiger partial charge in [0.1, 0.15) is 6.10 Å². The number of fused-ring (bicyclic) bond motifs is 1. The lowest BCUT2D eigenvalue weighted by atomic mass is 9.55. The molecule has 0 aromatic heterocycles. The molecule has 0 aromatic rings. The predicted molar refractivity (Wildman–Crippen MR) is 91.9 cm³/mol. The maximum Gasteiger partial charge on any atom is 0.184 e. The zero-order valence-electron chi connectivity index (χ0n) is 15.1. The molecule has 128 valence electrons. The number of rotatable bonds is 4. The lowest BCUT2D eigenvalue weighted by molar-refractivity contribution is -0.136. The second kappa shape index (κ2) is 6.72. The number of ketones is 2. The molecular weight excluding hydrogens is 288 g/mol. The quantitative estimate of drug-likeness (QED) is 0.801. The van der Waals surface area contributed by atoms with Crippen LogP contribution in [0.1, 0.15) is 60.3 Å². The van der Waals surface area contributed by atoms with E-state index in [1.165, 1.54) is 0 Å². The van der Waals surface area contributed by atoms with Gasteiger partial charge in [0, 0.05) is 11.8 Å². The van der Waals surface area contributed by atoms with Crippen molar-refractivity contribution >= 4 is 11.6 Å². The molecule has 2 aliphatic rings. The van der Waals surface area contributed by atoms with Gasteiger partial charge in [0.2, 0.25) is 0 Å². The second-order valence-electron chi connectivity index (χ2n) is 8.16. The first-order chi connectivity index (χ1) is 10.6. The smallest absolute Gasteiger partial charge is 0.184 e. The minimum Gasteiger partial charge on any atom is -0.384 e. The van der Waals surface area contributed by atoms with E-state index in [9.17, 15) is 14.7 Å². The summed E-state index contributed by atoms with van der Waals surface area (Å²) in [5.41, 5.74) is 1.80. The average molecular weight is 318 g/mol. The summed E-state index contributed by atoms with van der Waals surface area (Å²) in [6.45, 7) is 10.1. The minimum atomic E-state index is -0.875. The van der Waals surface area contributed by atoms with Crippen molar-refractivity contribution in [1.82, 2.24) is 0 Å². The van der Waals surface area contributed by atoms with Crippen molar-refractivity contribution < 1.29 is 14.7 Å². The van der Waals surface area contributed by atoms with E-state index in [1.54, 1.807) is 12.2 Å². The molecule has 0 spiro atoms. The van der Waals surface area contributed by atoms with Crippen LogP contribution in [0.3, 0.4) is 0 Å². The summed E-state index contributed by atoms with van der Waals surface area (Å²) in [7, 11) is 0. The van der Waals surface area contributed by atoms with Crippen molar-refractivity contribution in [2.24, 2.45) is 23.2 Å². The maximum atomic E-state index is 12.0. The zero-order chi connectivity index (χ0) is 17.4. The molecule has 0 saturated heterocycles.